The van der Waals surface area contributed by atoms with E-state index in [4.69, 9.17) is 9.72 Å². The molecule has 0 radical (unpaired) electrons. The van der Waals surface area contributed by atoms with Gasteiger partial charge < -0.3 is 4.74 Å². The lowest BCUT2D eigenvalue weighted by atomic mass is 9.87. The maximum atomic E-state index is 11.9. The maximum absolute atomic E-state index is 11.9. The van der Waals surface area contributed by atoms with Crippen molar-refractivity contribution in [1.29, 1.82) is 0 Å². The van der Waals surface area contributed by atoms with E-state index in [0.717, 1.165) is 10.7 Å². The molecule has 1 saturated carbocycles. The number of rotatable bonds is 3. The van der Waals surface area contributed by atoms with Crippen LogP contribution in [0.25, 0.3) is 4.96 Å². The summed E-state index contributed by atoms with van der Waals surface area (Å²) in [5.41, 5.74) is 2.13. The van der Waals surface area contributed by atoms with E-state index in [9.17, 15) is 4.79 Å². The summed E-state index contributed by atoms with van der Waals surface area (Å²) >= 11 is 1.43. The fraction of sp³-hybridized carbons (Fsp3) is 0.600. The van der Waals surface area contributed by atoms with E-state index in [1.165, 1.54) is 49.1 Å². The normalized spacial score (nSPS) is 16.7. The number of imidazole rings is 1. The Kier molecular flexibility index (Phi) is 3.78. The number of carbonyl (C=O) groups excluding carboxylic acids is 1. The van der Waals surface area contributed by atoms with E-state index in [-0.39, 0.29) is 5.97 Å². The highest BCUT2D eigenvalue weighted by molar-refractivity contribution is 7.19. The average molecular weight is 292 g/mol. The predicted octanol–water partition coefficient (Wildman–Crippen LogP) is 3.93. The molecule has 0 bridgehead atoms. The maximum Gasteiger partial charge on any atom is 0.350 e. The van der Waals surface area contributed by atoms with Crippen LogP contribution in [-0.4, -0.2) is 22.0 Å². The largest absolute Gasteiger partial charge is 0.462 e. The predicted molar refractivity (Wildman–Crippen MR) is 79.6 cm³/mol. The molecular weight excluding hydrogens is 272 g/mol. The molecule has 1 aliphatic carbocycles. The molecule has 0 saturated heterocycles. The first-order valence-electron chi connectivity index (χ1n) is 7.36. The number of aromatic nitrogens is 2. The van der Waals surface area contributed by atoms with E-state index >= 15 is 0 Å². The third kappa shape index (κ3) is 2.35. The quantitative estimate of drug-likeness (QED) is 0.805. The third-order valence-electron chi connectivity index (χ3n) is 4.06. The molecule has 3 rings (SSSR count). The third-order valence-corrected chi connectivity index (χ3v) is 5.20. The van der Waals surface area contributed by atoms with Gasteiger partial charge in [-0.05, 0) is 26.7 Å². The van der Waals surface area contributed by atoms with E-state index in [1.807, 2.05) is 18.2 Å². The van der Waals surface area contributed by atoms with Gasteiger partial charge in [0.1, 0.15) is 4.88 Å². The summed E-state index contributed by atoms with van der Waals surface area (Å²) in [6.07, 6.45) is 8.57. The Morgan fingerprint density at radius 2 is 2.20 bits per heavy atom. The van der Waals surface area contributed by atoms with Gasteiger partial charge >= 0.3 is 5.97 Å². The number of fused-ring (bicyclic) bond motifs is 1. The summed E-state index contributed by atoms with van der Waals surface area (Å²) in [7, 11) is 0. The molecule has 4 nitrogen and oxygen atoms in total. The van der Waals surface area contributed by atoms with Crippen molar-refractivity contribution in [2.24, 2.45) is 0 Å². The van der Waals surface area contributed by atoms with E-state index in [0.29, 0.717) is 17.4 Å². The van der Waals surface area contributed by atoms with Crippen LogP contribution in [0, 0.1) is 6.92 Å². The zero-order valence-corrected chi connectivity index (χ0v) is 12.8. The van der Waals surface area contributed by atoms with Crippen molar-refractivity contribution in [3.8, 4) is 0 Å². The molecule has 0 amide bonds. The summed E-state index contributed by atoms with van der Waals surface area (Å²) in [6, 6.07) is 0. The summed E-state index contributed by atoms with van der Waals surface area (Å²) in [6.45, 7) is 4.20. The molecule has 0 atom stereocenters. The van der Waals surface area contributed by atoms with Gasteiger partial charge in [0.05, 0.1) is 12.3 Å². The van der Waals surface area contributed by atoms with Gasteiger partial charge in [-0.1, -0.05) is 30.6 Å². The van der Waals surface area contributed by atoms with Crippen LogP contribution in [0.5, 0.6) is 0 Å². The number of ether oxygens (including phenoxy) is 1. The van der Waals surface area contributed by atoms with Gasteiger partial charge in [0.2, 0.25) is 0 Å². The Morgan fingerprint density at radius 1 is 1.45 bits per heavy atom. The minimum atomic E-state index is -0.236. The lowest BCUT2D eigenvalue weighted by Crippen LogP contribution is -2.06. The smallest absolute Gasteiger partial charge is 0.350 e. The first kappa shape index (κ1) is 13.6. The first-order valence-corrected chi connectivity index (χ1v) is 8.18. The van der Waals surface area contributed by atoms with Gasteiger partial charge in [-0.25, -0.2) is 9.78 Å². The highest BCUT2D eigenvalue weighted by atomic mass is 32.1. The van der Waals surface area contributed by atoms with Gasteiger partial charge in [0.25, 0.3) is 0 Å². The molecule has 0 aromatic carbocycles. The minimum Gasteiger partial charge on any atom is -0.462 e. The number of hydrogen-bond acceptors (Lipinski definition) is 4. The zero-order valence-electron chi connectivity index (χ0n) is 12.0. The van der Waals surface area contributed by atoms with E-state index < -0.39 is 0 Å². The number of esters is 1. The van der Waals surface area contributed by atoms with Crippen LogP contribution < -0.4 is 0 Å². The number of hydrogen-bond donors (Lipinski definition) is 0. The molecule has 2 heterocycles. The molecule has 1 fully saturated rings. The molecule has 108 valence electrons. The van der Waals surface area contributed by atoms with Crippen LogP contribution in [0.3, 0.4) is 0 Å². The molecule has 0 N–H and O–H groups in total. The van der Waals surface area contributed by atoms with Gasteiger partial charge in [0.15, 0.2) is 4.96 Å². The fourth-order valence-electron chi connectivity index (χ4n) is 2.95. The van der Waals surface area contributed by atoms with Gasteiger partial charge in [-0.15, -0.1) is 0 Å². The van der Waals surface area contributed by atoms with Crippen LogP contribution >= 0.6 is 11.3 Å². The Labute approximate surface area is 122 Å². The van der Waals surface area contributed by atoms with Gasteiger partial charge in [-0.2, -0.15) is 0 Å². The van der Waals surface area contributed by atoms with Crippen molar-refractivity contribution in [3.05, 3.63) is 22.5 Å². The van der Waals surface area contributed by atoms with Crippen molar-refractivity contribution in [2.75, 3.05) is 6.61 Å². The summed E-state index contributed by atoms with van der Waals surface area (Å²) < 4.78 is 7.13. The fourth-order valence-corrected chi connectivity index (χ4v) is 3.96. The average Bonchev–Trinajstić information content (AvgIpc) is 3.00. The van der Waals surface area contributed by atoms with Crippen LogP contribution in [0.2, 0.25) is 0 Å². The molecular formula is C15H20N2O2S. The standard InChI is InChI=1S/C15H20N2O2S/c1-3-19-14(18)13-10(2)17-9-12(16-15(17)20-13)11-7-5-4-6-8-11/h9,11H,3-8H2,1-2H3. The van der Waals surface area contributed by atoms with Crippen LogP contribution in [0.4, 0.5) is 0 Å². The minimum absolute atomic E-state index is 0.236. The number of thiazole rings is 1. The summed E-state index contributed by atoms with van der Waals surface area (Å²) in [5, 5.41) is 0. The van der Waals surface area contributed by atoms with Crippen molar-refractivity contribution >= 4 is 22.3 Å². The van der Waals surface area contributed by atoms with Crippen molar-refractivity contribution in [2.45, 2.75) is 51.9 Å². The molecule has 0 unspecified atom stereocenters. The SMILES string of the molecule is CCOC(=O)c1sc2nc(C3CCCCC3)cn2c1C. The molecule has 5 heteroatoms. The Morgan fingerprint density at radius 3 is 2.85 bits per heavy atom. The first-order chi connectivity index (χ1) is 9.70. The molecule has 1 aliphatic rings. The highest BCUT2D eigenvalue weighted by Crippen LogP contribution is 2.34. The number of nitrogens with zero attached hydrogens (tertiary/aromatic N) is 2. The summed E-state index contributed by atoms with van der Waals surface area (Å²) in [5.74, 6) is 0.362. The lowest BCUT2D eigenvalue weighted by molar-refractivity contribution is 0.0531. The topological polar surface area (TPSA) is 43.6 Å². The lowest BCUT2D eigenvalue weighted by Gasteiger charge is -2.19. The van der Waals surface area contributed by atoms with Crippen LogP contribution in [-0.2, 0) is 4.74 Å². The van der Waals surface area contributed by atoms with Gasteiger partial charge in [0, 0.05) is 17.8 Å². The Hall–Kier alpha value is -1.36. The molecule has 20 heavy (non-hydrogen) atoms. The van der Waals surface area contributed by atoms with Gasteiger partial charge in [-0.3, -0.25) is 4.40 Å². The highest BCUT2D eigenvalue weighted by Gasteiger charge is 2.22. The van der Waals surface area contributed by atoms with Crippen molar-refractivity contribution in [1.82, 2.24) is 9.38 Å². The molecule has 2 aromatic rings. The van der Waals surface area contributed by atoms with Crippen LogP contribution in [0.1, 0.15) is 66.0 Å². The van der Waals surface area contributed by atoms with Crippen LogP contribution in [0.15, 0.2) is 6.20 Å². The van der Waals surface area contributed by atoms with E-state index in [1.54, 1.807) is 0 Å². The van der Waals surface area contributed by atoms with Crippen molar-refractivity contribution < 1.29 is 9.53 Å². The Balaban J connectivity index is 1.91. The van der Waals surface area contributed by atoms with Crippen molar-refractivity contribution in [3.63, 3.8) is 0 Å². The number of aryl methyl sites for hydroxylation is 1. The molecule has 0 spiro atoms. The number of carbonyl (C=O) groups is 1. The second-order valence-corrected chi connectivity index (χ2v) is 6.37. The molecule has 2 aromatic heterocycles. The second kappa shape index (κ2) is 5.56. The Bertz CT molecular complexity index is 623. The zero-order chi connectivity index (χ0) is 14.1. The monoisotopic (exact) mass is 292 g/mol. The summed E-state index contributed by atoms with van der Waals surface area (Å²) in [4.78, 5) is 18.2. The second-order valence-electron chi connectivity index (χ2n) is 5.39. The van der Waals surface area contributed by atoms with E-state index in [2.05, 4.69) is 6.20 Å². The molecule has 0 aliphatic heterocycles.